The van der Waals surface area contributed by atoms with Gasteiger partial charge in [0, 0.05) is 11.8 Å². The van der Waals surface area contributed by atoms with Crippen LogP contribution in [0.15, 0.2) is 35.6 Å². The van der Waals surface area contributed by atoms with Gasteiger partial charge < -0.3 is 9.84 Å². The lowest BCUT2D eigenvalue weighted by Gasteiger charge is -2.55. The van der Waals surface area contributed by atoms with E-state index in [1.807, 2.05) is 13.2 Å². The van der Waals surface area contributed by atoms with E-state index in [4.69, 9.17) is 4.74 Å². The highest BCUT2D eigenvalue weighted by atomic mass is 16.5. The van der Waals surface area contributed by atoms with E-state index in [2.05, 4.69) is 19.6 Å². The van der Waals surface area contributed by atoms with Gasteiger partial charge in [-0.3, -0.25) is 0 Å². The van der Waals surface area contributed by atoms with E-state index in [1.54, 1.807) is 11.1 Å². The van der Waals surface area contributed by atoms with Crippen LogP contribution in [0.2, 0.25) is 0 Å². The van der Waals surface area contributed by atoms with Gasteiger partial charge in [0.05, 0.1) is 18.5 Å². The Balaban J connectivity index is 1.63. The smallest absolute Gasteiger partial charge is 0.0959 e. The van der Waals surface area contributed by atoms with Crippen molar-refractivity contribution in [1.82, 2.24) is 0 Å². The highest BCUT2D eigenvalue weighted by molar-refractivity contribution is 5.33. The SMILES string of the molecule is C=CC[C@]1(O)CC[C@H]2[C@@H]3CCC4=C(CC=C(OC)C4)[C@H]3CC[C@@]21CCC. The molecule has 5 atom stereocenters. The minimum Gasteiger partial charge on any atom is -0.501 e. The van der Waals surface area contributed by atoms with Crippen molar-refractivity contribution in [3.8, 4) is 0 Å². The summed E-state index contributed by atoms with van der Waals surface area (Å²) in [6.07, 6.45) is 16.8. The number of hydrogen-bond acceptors (Lipinski definition) is 2. The van der Waals surface area contributed by atoms with Gasteiger partial charge in [-0.1, -0.05) is 30.6 Å². The Labute approximate surface area is 159 Å². The molecule has 2 heteroatoms. The van der Waals surface area contributed by atoms with E-state index in [1.165, 1.54) is 50.7 Å². The highest BCUT2D eigenvalue weighted by Crippen LogP contribution is 2.66. The Bertz CT molecular complexity index is 630. The van der Waals surface area contributed by atoms with Crippen molar-refractivity contribution < 1.29 is 9.84 Å². The molecule has 0 bridgehead atoms. The van der Waals surface area contributed by atoms with Crippen LogP contribution in [-0.2, 0) is 4.74 Å². The number of ether oxygens (including phenoxy) is 1. The maximum Gasteiger partial charge on any atom is 0.0959 e. The number of hydrogen-bond donors (Lipinski definition) is 1. The molecule has 4 rings (SSSR count). The van der Waals surface area contributed by atoms with E-state index < -0.39 is 5.60 Å². The van der Waals surface area contributed by atoms with E-state index >= 15 is 0 Å². The second-order valence-electron chi connectivity index (χ2n) is 9.31. The maximum absolute atomic E-state index is 11.6. The van der Waals surface area contributed by atoms with E-state index in [0.717, 1.165) is 37.5 Å². The van der Waals surface area contributed by atoms with Crippen LogP contribution in [0.3, 0.4) is 0 Å². The van der Waals surface area contributed by atoms with E-state index in [0.29, 0.717) is 5.92 Å². The van der Waals surface area contributed by atoms with E-state index in [-0.39, 0.29) is 5.41 Å². The van der Waals surface area contributed by atoms with Crippen LogP contribution in [-0.4, -0.2) is 17.8 Å². The molecule has 144 valence electrons. The molecule has 0 aromatic carbocycles. The van der Waals surface area contributed by atoms with Crippen LogP contribution < -0.4 is 0 Å². The average molecular weight is 357 g/mol. The lowest BCUT2D eigenvalue weighted by atomic mass is 9.50. The first-order chi connectivity index (χ1) is 12.6. The number of fused-ring (bicyclic) bond motifs is 4. The Morgan fingerprint density at radius 2 is 2.15 bits per heavy atom. The van der Waals surface area contributed by atoms with Gasteiger partial charge >= 0.3 is 0 Å². The predicted octanol–water partition coefficient (Wildman–Crippen LogP) is 5.93. The van der Waals surface area contributed by atoms with Crippen molar-refractivity contribution in [2.75, 3.05) is 7.11 Å². The van der Waals surface area contributed by atoms with Gasteiger partial charge in [0.25, 0.3) is 0 Å². The quantitative estimate of drug-likeness (QED) is 0.619. The molecule has 2 fully saturated rings. The van der Waals surface area contributed by atoms with Crippen molar-refractivity contribution >= 4 is 0 Å². The molecule has 0 amide bonds. The number of rotatable bonds is 5. The molecule has 0 saturated heterocycles. The Morgan fingerprint density at radius 1 is 1.31 bits per heavy atom. The van der Waals surface area contributed by atoms with Crippen molar-refractivity contribution in [3.05, 3.63) is 35.6 Å². The van der Waals surface area contributed by atoms with Gasteiger partial charge in [0.2, 0.25) is 0 Å². The standard InChI is InChI=1S/C24H36O2/c1-4-12-23-14-10-20-19-9-7-18(26-3)16-17(19)6-8-21(20)22(23)11-15-24(23,25)13-5-2/h5,7,20-22,25H,2,4,6,8-16H2,1,3H3/t20-,21-,22+,23+,24+/m1/s1. The maximum atomic E-state index is 11.6. The van der Waals surface area contributed by atoms with Crippen molar-refractivity contribution in [2.24, 2.45) is 23.2 Å². The molecular formula is C24H36O2. The Morgan fingerprint density at radius 3 is 2.88 bits per heavy atom. The first-order valence-corrected chi connectivity index (χ1v) is 10.9. The lowest BCUT2D eigenvalue weighted by molar-refractivity contribution is -0.121. The molecule has 1 N–H and O–H groups in total. The summed E-state index contributed by atoms with van der Waals surface area (Å²) in [5.41, 5.74) is 3.04. The third kappa shape index (κ3) is 2.55. The van der Waals surface area contributed by atoms with Gasteiger partial charge in [0.1, 0.15) is 0 Å². The van der Waals surface area contributed by atoms with E-state index in [9.17, 15) is 5.11 Å². The molecule has 4 aliphatic carbocycles. The fraction of sp³-hybridized carbons (Fsp3) is 0.750. The molecule has 0 aromatic heterocycles. The highest BCUT2D eigenvalue weighted by Gasteiger charge is 2.62. The molecule has 0 aliphatic heterocycles. The lowest BCUT2D eigenvalue weighted by Crippen LogP contribution is -2.53. The summed E-state index contributed by atoms with van der Waals surface area (Å²) in [7, 11) is 1.81. The number of allylic oxidation sites excluding steroid dienone is 3. The summed E-state index contributed by atoms with van der Waals surface area (Å²) in [4.78, 5) is 0. The molecule has 2 saturated carbocycles. The van der Waals surface area contributed by atoms with Gasteiger partial charge in [-0.05, 0) is 81.6 Å². The minimum absolute atomic E-state index is 0.136. The fourth-order valence-corrected chi connectivity index (χ4v) is 7.51. The van der Waals surface area contributed by atoms with Gasteiger partial charge in [0.15, 0.2) is 0 Å². The summed E-state index contributed by atoms with van der Waals surface area (Å²) in [5, 5.41) is 11.6. The second kappa shape index (κ2) is 6.86. The summed E-state index contributed by atoms with van der Waals surface area (Å²) >= 11 is 0. The molecule has 0 heterocycles. The fourth-order valence-electron chi connectivity index (χ4n) is 7.51. The summed E-state index contributed by atoms with van der Waals surface area (Å²) in [6, 6.07) is 0. The second-order valence-corrected chi connectivity index (χ2v) is 9.31. The van der Waals surface area contributed by atoms with Gasteiger partial charge in [-0.2, -0.15) is 0 Å². The molecule has 0 aromatic rings. The van der Waals surface area contributed by atoms with Crippen LogP contribution in [0, 0.1) is 23.2 Å². The van der Waals surface area contributed by atoms with Gasteiger partial charge in [-0.25, -0.2) is 0 Å². The molecule has 0 unspecified atom stereocenters. The third-order valence-electron chi connectivity index (χ3n) is 8.50. The van der Waals surface area contributed by atoms with Crippen molar-refractivity contribution in [3.63, 3.8) is 0 Å². The number of methoxy groups -OCH3 is 1. The molecule has 4 aliphatic rings. The molecule has 0 spiro atoms. The molecular weight excluding hydrogens is 320 g/mol. The van der Waals surface area contributed by atoms with Crippen LogP contribution in [0.25, 0.3) is 0 Å². The number of aliphatic hydroxyl groups is 1. The average Bonchev–Trinajstić information content (AvgIpc) is 2.94. The van der Waals surface area contributed by atoms with Crippen LogP contribution in [0.5, 0.6) is 0 Å². The predicted molar refractivity (Wildman–Crippen MR) is 107 cm³/mol. The van der Waals surface area contributed by atoms with Gasteiger partial charge in [-0.15, -0.1) is 6.58 Å². The summed E-state index contributed by atoms with van der Waals surface area (Å²) < 4.78 is 5.53. The first kappa shape index (κ1) is 18.3. The summed E-state index contributed by atoms with van der Waals surface area (Å²) in [5.74, 6) is 3.41. The van der Waals surface area contributed by atoms with Crippen molar-refractivity contribution in [2.45, 2.75) is 83.2 Å². The third-order valence-corrected chi connectivity index (χ3v) is 8.50. The van der Waals surface area contributed by atoms with Crippen LogP contribution in [0.4, 0.5) is 0 Å². The monoisotopic (exact) mass is 356 g/mol. The van der Waals surface area contributed by atoms with Crippen LogP contribution in [0.1, 0.15) is 77.6 Å². The zero-order valence-corrected chi connectivity index (χ0v) is 16.7. The zero-order valence-electron chi connectivity index (χ0n) is 16.7. The minimum atomic E-state index is -0.509. The zero-order chi connectivity index (χ0) is 18.4. The van der Waals surface area contributed by atoms with Crippen molar-refractivity contribution in [1.29, 1.82) is 0 Å². The van der Waals surface area contributed by atoms with Crippen LogP contribution >= 0.6 is 0 Å². The first-order valence-electron chi connectivity index (χ1n) is 10.9. The summed E-state index contributed by atoms with van der Waals surface area (Å²) in [6.45, 7) is 6.26. The Hall–Kier alpha value is -1.02. The normalized spacial score (nSPS) is 41.8. The molecule has 0 radical (unpaired) electrons. The topological polar surface area (TPSA) is 29.5 Å². The molecule has 26 heavy (non-hydrogen) atoms. The Kier molecular flexibility index (Phi) is 4.84. The largest absolute Gasteiger partial charge is 0.501 e. The molecule has 2 nitrogen and oxygen atoms in total.